The number of imidazole rings is 1. The Kier molecular flexibility index (Phi) is 4.59. The molecule has 1 atom stereocenters. The number of carboxylic acid groups (broad SMARTS) is 1. The summed E-state index contributed by atoms with van der Waals surface area (Å²) < 4.78 is 1.88. The summed E-state index contributed by atoms with van der Waals surface area (Å²) in [5.41, 5.74) is -0.940. The van der Waals surface area contributed by atoms with Crippen LogP contribution in [0.5, 0.6) is 0 Å². The van der Waals surface area contributed by atoms with E-state index in [1.165, 1.54) is 11.8 Å². The molecule has 0 aliphatic rings. The van der Waals surface area contributed by atoms with Crippen molar-refractivity contribution in [3.05, 3.63) is 12.4 Å². The number of aliphatic carboxylic acids is 1. The van der Waals surface area contributed by atoms with Gasteiger partial charge >= 0.3 is 5.97 Å². The van der Waals surface area contributed by atoms with Gasteiger partial charge in [0.1, 0.15) is 5.54 Å². The maximum atomic E-state index is 11.3. The molecule has 0 spiro atoms. The summed E-state index contributed by atoms with van der Waals surface area (Å²) in [7, 11) is 1.89. The van der Waals surface area contributed by atoms with Crippen LogP contribution in [0.2, 0.25) is 0 Å². The van der Waals surface area contributed by atoms with Gasteiger partial charge < -0.3 is 9.67 Å². The molecule has 0 bridgehead atoms. The average Bonchev–Trinajstić information content (AvgIpc) is 2.60. The molecule has 5 nitrogen and oxygen atoms in total. The summed E-state index contributed by atoms with van der Waals surface area (Å²) in [6, 6.07) is 0.123. The highest BCUT2D eigenvalue weighted by atomic mass is 32.2. The van der Waals surface area contributed by atoms with E-state index in [2.05, 4.69) is 10.3 Å². The molecule has 96 valence electrons. The molecule has 0 fully saturated rings. The number of hydrogen-bond donors (Lipinski definition) is 2. The predicted octanol–water partition coefficient (Wildman–Crippen LogP) is 1.35. The zero-order chi connectivity index (χ0) is 13.1. The van der Waals surface area contributed by atoms with E-state index in [0.29, 0.717) is 5.75 Å². The van der Waals surface area contributed by atoms with Crippen LogP contribution in [0.4, 0.5) is 0 Å². The molecule has 1 heterocycles. The number of nitrogens with one attached hydrogen (secondary N) is 1. The molecule has 0 amide bonds. The minimum Gasteiger partial charge on any atom is -0.480 e. The maximum absolute atomic E-state index is 11.3. The zero-order valence-electron chi connectivity index (χ0n) is 10.6. The Morgan fingerprint density at radius 2 is 2.35 bits per heavy atom. The lowest BCUT2D eigenvalue weighted by Crippen LogP contribution is -2.54. The SMILES string of the molecule is CC(C)NC(C)(CSc1nccn1C)C(=O)O. The van der Waals surface area contributed by atoms with Gasteiger partial charge in [-0.05, 0) is 20.8 Å². The number of aromatic nitrogens is 2. The number of carbonyl (C=O) groups is 1. The molecule has 17 heavy (non-hydrogen) atoms. The van der Waals surface area contributed by atoms with Crippen molar-refractivity contribution < 1.29 is 9.90 Å². The second kappa shape index (κ2) is 5.55. The molecule has 0 aliphatic heterocycles. The zero-order valence-corrected chi connectivity index (χ0v) is 11.4. The molecule has 6 heteroatoms. The van der Waals surface area contributed by atoms with E-state index in [0.717, 1.165) is 5.16 Å². The van der Waals surface area contributed by atoms with Crippen LogP contribution in [0.3, 0.4) is 0 Å². The van der Waals surface area contributed by atoms with Crippen LogP contribution in [-0.4, -0.2) is 38.0 Å². The van der Waals surface area contributed by atoms with Gasteiger partial charge in [0, 0.05) is 31.2 Å². The highest BCUT2D eigenvalue weighted by Gasteiger charge is 2.33. The molecule has 1 aromatic rings. The van der Waals surface area contributed by atoms with Crippen molar-refractivity contribution in [2.75, 3.05) is 5.75 Å². The van der Waals surface area contributed by atoms with E-state index in [9.17, 15) is 9.90 Å². The van der Waals surface area contributed by atoms with Gasteiger partial charge in [0.05, 0.1) is 0 Å². The van der Waals surface area contributed by atoms with Crippen molar-refractivity contribution >= 4 is 17.7 Å². The first-order chi connectivity index (χ1) is 7.85. The molecule has 0 radical (unpaired) electrons. The highest BCUT2D eigenvalue weighted by Crippen LogP contribution is 2.21. The normalized spacial score (nSPS) is 14.9. The molecule has 1 aromatic heterocycles. The average molecular weight is 257 g/mol. The van der Waals surface area contributed by atoms with Gasteiger partial charge in [-0.3, -0.25) is 10.1 Å². The summed E-state index contributed by atoms with van der Waals surface area (Å²) >= 11 is 1.44. The van der Waals surface area contributed by atoms with E-state index in [1.807, 2.05) is 31.7 Å². The fourth-order valence-corrected chi connectivity index (χ4v) is 2.53. The van der Waals surface area contributed by atoms with E-state index in [-0.39, 0.29) is 6.04 Å². The molecule has 1 rings (SSSR count). The van der Waals surface area contributed by atoms with Gasteiger partial charge in [-0.15, -0.1) is 0 Å². The van der Waals surface area contributed by atoms with Crippen molar-refractivity contribution in [1.82, 2.24) is 14.9 Å². The Morgan fingerprint density at radius 1 is 1.71 bits per heavy atom. The van der Waals surface area contributed by atoms with Crippen molar-refractivity contribution in [3.8, 4) is 0 Å². The smallest absolute Gasteiger partial charge is 0.324 e. The summed E-state index contributed by atoms with van der Waals surface area (Å²) in [5.74, 6) is -0.404. The van der Waals surface area contributed by atoms with Gasteiger partial charge in [-0.25, -0.2) is 4.98 Å². The second-order valence-electron chi connectivity index (χ2n) is 4.55. The van der Waals surface area contributed by atoms with E-state index in [1.54, 1.807) is 13.1 Å². The Balaban J connectivity index is 2.68. The van der Waals surface area contributed by atoms with E-state index >= 15 is 0 Å². The minimum absolute atomic E-state index is 0.123. The summed E-state index contributed by atoms with van der Waals surface area (Å²) in [4.78, 5) is 15.5. The Labute approximate surface area is 106 Å². The van der Waals surface area contributed by atoms with Crippen molar-refractivity contribution in [2.24, 2.45) is 7.05 Å². The van der Waals surface area contributed by atoms with Gasteiger partial charge in [0.25, 0.3) is 0 Å². The molecule has 1 unspecified atom stereocenters. The van der Waals surface area contributed by atoms with Gasteiger partial charge in [-0.1, -0.05) is 11.8 Å². The number of nitrogens with zero attached hydrogens (tertiary/aromatic N) is 2. The first-order valence-electron chi connectivity index (χ1n) is 5.46. The first kappa shape index (κ1) is 14.1. The Morgan fingerprint density at radius 3 is 2.76 bits per heavy atom. The third-order valence-electron chi connectivity index (χ3n) is 2.35. The number of carboxylic acids is 1. The number of aryl methyl sites for hydroxylation is 1. The largest absolute Gasteiger partial charge is 0.480 e. The molecular weight excluding hydrogens is 238 g/mol. The molecular formula is C11H19N3O2S. The van der Waals surface area contributed by atoms with E-state index in [4.69, 9.17) is 0 Å². The van der Waals surface area contributed by atoms with Crippen LogP contribution in [0.1, 0.15) is 20.8 Å². The Hall–Kier alpha value is -1.01. The minimum atomic E-state index is -0.940. The predicted molar refractivity (Wildman–Crippen MR) is 68.2 cm³/mol. The van der Waals surface area contributed by atoms with Crippen molar-refractivity contribution in [1.29, 1.82) is 0 Å². The molecule has 0 aliphatic carbocycles. The molecule has 2 N–H and O–H groups in total. The second-order valence-corrected chi connectivity index (χ2v) is 5.49. The first-order valence-corrected chi connectivity index (χ1v) is 6.45. The van der Waals surface area contributed by atoms with Crippen LogP contribution < -0.4 is 5.32 Å². The van der Waals surface area contributed by atoms with Crippen molar-refractivity contribution in [2.45, 2.75) is 37.5 Å². The lowest BCUT2D eigenvalue weighted by atomic mass is 10.1. The number of thioether (sulfide) groups is 1. The summed E-state index contributed by atoms with van der Waals surface area (Å²) in [5, 5.41) is 13.2. The summed E-state index contributed by atoms with van der Waals surface area (Å²) in [6.45, 7) is 5.57. The van der Waals surface area contributed by atoms with Gasteiger partial charge in [0.15, 0.2) is 5.16 Å². The molecule has 0 aromatic carbocycles. The standard InChI is InChI=1S/C11H19N3O2S/c1-8(2)13-11(3,9(15)16)7-17-10-12-5-6-14(10)4/h5-6,8,13H,7H2,1-4H3,(H,15,16). The fourth-order valence-electron chi connectivity index (χ4n) is 1.50. The van der Waals surface area contributed by atoms with Crippen LogP contribution in [-0.2, 0) is 11.8 Å². The number of hydrogen-bond acceptors (Lipinski definition) is 4. The van der Waals surface area contributed by atoms with Crippen LogP contribution in [0, 0.1) is 0 Å². The molecule has 0 saturated carbocycles. The lowest BCUT2D eigenvalue weighted by molar-refractivity contribution is -0.143. The highest BCUT2D eigenvalue weighted by molar-refractivity contribution is 7.99. The monoisotopic (exact) mass is 257 g/mol. The Bertz CT molecular complexity index is 392. The third-order valence-corrected chi connectivity index (χ3v) is 3.72. The van der Waals surface area contributed by atoms with Crippen LogP contribution in [0.15, 0.2) is 17.6 Å². The van der Waals surface area contributed by atoms with E-state index < -0.39 is 11.5 Å². The quantitative estimate of drug-likeness (QED) is 0.753. The van der Waals surface area contributed by atoms with Gasteiger partial charge in [-0.2, -0.15) is 0 Å². The maximum Gasteiger partial charge on any atom is 0.324 e. The third kappa shape index (κ3) is 3.74. The number of rotatable bonds is 6. The van der Waals surface area contributed by atoms with Crippen LogP contribution >= 0.6 is 11.8 Å². The molecule has 0 saturated heterocycles. The van der Waals surface area contributed by atoms with Gasteiger partial charge in [0.2, 0.25) is 0 Å². The summed E-state index contributed by atoms with van der Waals surface area (Å²) in [6.07, 6.45) is 3.55. The fraction of sp³-hybridized carbons (Fsp3) is 0.636. The van der Waals surface area contributed by atoms with Crippen LogP contribution in [0.25, 0.3) is 0 Å². The lowest BCUT2D eigenvalue weighted by Gasteiger charge is -2.28. The topological polar surface area (TPSA) is 67.2 Å². The van der Waals surface area contributed by atoms with Crippen molar-refractivity contribution in [3.63, 3.8) is 0 Å².